The fourth-order valence-corrected chi connectivity index (χ4v) is 3.26. The normalized spacial score (nSPS) is 11.4. The Bertz CT molecular complexity index is 1130. The summed E-state index contributed by atoms with van der Waals surface area (Å²) in [7, 11) is -3.85. The zero-order valence-corrected chi connectivity index (χ0v) is 15.7. The lowest BCUT2D eigenvalue weighted by Crippen LogP contribution is -2.12. The Morgan fingerprint density at radius 2 is 2.00 bits per heavy atom. The van der Waals surface area contributed by atoms with Gasteiger partial charge in [0.15, 0.2) is 0 Å². The molecule has 0 amide bonds. The molecule has 0 bridgehead atoms. The molecule has 2 aromatic carbocycles. The lowest BCUT2D eigenvalue weighted by atomic mass is 10.1. The van der Waals surface area contributed by atoms with Crippen LogP contribution in [-0.4, -0.2) is 26.0 Å². The highest BCUT2D eigenvalue weighted by Gasteiger charge is 2.18. The maximum Gasteiger partial charge on any atom is 0.341 e. The highest BCUT2D eigenvalue weighted by atomic mass is 32.2. The van der Waals surface area contributed by atoms with Crippen LogP contribution in [0.4, 0.5) is 11.4 Å². The maximum atomic E-state index is 12.4. The van der Waals surface area contributed by atoms with Crippen molar-refractivity contribution in [1.82, 2.24) is 4.98 Å². The number of fused-ring (bicyclic) bond motifs is 1. The molecule has 8 heteroatoms. The van der Waals surface area contributed by atoms with Crippen LogP contribution in [0.5, 0.6) is 0 Å². The average Bonchev–Trinajstić information content (AvgIpc) is 2.62. The van der Waals surface area contributed by atoms with Gasteiger partial charge < -0.3 is 10.1 Å². The molecule has 3 aromatic rings. The molecule has 1 heterocycles. The second kappa shape index (κ2) is 7.34. The van der Waals surface area contributed by atoms with Crippen LogP contribution >= 0.6 is 0 Å². The zero-order valence-electron chi connectivity index (χ0n) is 14.9. The standard InChI is InChI=1S/C19H19N3O4S/c1-3-26-19(23)16-11-21-17-8-7-12(2)9-15(17)18(16)22-13-5-4-6-14(10-13)27(20,24)25/h4-11H,3H2,1-2H3,(H,21,22)(H2,20,24,25). The minimum Gasteiger partial charge on any atom is -0.462 e. The lowest BCUT2D eigenvalue weighted by molar-refractivity contribution is 0.0527. The summed E-state index contributed by atoms with van der Waals surface area (Å²) in [6.07, 6.45) is 1.45. The molecule has 0 aliphatic rings. The summed E-state index contributed by atoms with van der Waals surface area (Å²) < 4.78 is 28.4. The first-order valence-corrected chi connectivity index (χ1v) is 9.80. The summed E-state index contributed by atoms with van der Waals surface area (Å²) in [6, 6.07) is 11.7. The minimum absolute atomic E-state index is 0.0280. The Balaban J connectivity index is 2.18. The number of primary sulfonamides is 1. The number of sulfonamides is 1. The van der Waals surface area contributed by atoms with E-state index in [1.54, 1.807) is 19.1 Å². The van der Waals surface area contributed by atoms with E-state index in [4.69, 9.17) is 9.88 Å². The summed E-state index contributed by atoms with van der Waals surface area (Å²) in [5.41, 5.74) is 2.91. The van der Waals surface area contributed by atoms with Gasteiger partial charge in [0.1, 0.15) is 5.56 Å². The molecule has 0 saturated carbocycles. The summed E-state index contributed by atoms with van der Waals surface area (Å²) >= 11 is 0. The van der Waals surface area contributed by atoms with Gasteiger partial charge in [-0.2, -0.15) is 0 Å². The van der Waals surface area contributed by atoms with Crippen molar-refractivity contribution in [3.05, 3.63) is 59.8 Å². The molecule has 3 N–H and O–H groups in total. The number of nitrogens with zero attached hydrogens (tertiary/aromatic N) is 1. The number of ether oxygens (including phenoxy) is 1. The molecule has 0 saturated heterocycles. The van der Waals surface area contributed by atoms with Crippen LogP contribution in [0.15, 0.2) is 53.6 Å². The van der Waals surface area contributed by atoms with E-state index in [9.17, 15) is 13.2 Å². The number of esters is 1. The quantitative estimate of drug-likeness (QED) is 0.653. The molecule has 1 aromatic heterocycles. The van der Waals surface area contributed by atoms with E-state index >= 15 is 0 Å². The first kappa shape index (κ1) is 18.8. The zero-order chi connectivity index (χ0) is 19.6. The number of carbonyl (C=O) groups excluding carboxylic acids is 1. The van der Waals surface area contributed by atoms with E-state index in [0.717, 1.165) is 10.9 Å². The number of anilines is 2. The third kappa shape index (κ3) is 4.07. The Hall–Kier alpha value is -2.97. The number of carbonyl (C=O) groups is 1. The maximum absolute atomic E-state index is 12.4. The number of pyridine rings is 1. The molecule has 0 aliphatic carbocycles. The van der Waals surface area contributed by atoms with Crippen molar-refractivity contribution in [3.8, 4) is 0 Å². The molecule has 0 aliphatic heterocycles. The molecular formula is C19H19N3O4S. The predicted octanol–water partition coefficient (Wildman–Crippen LogP) is 3.11. The van der Waals surface area contributed by atoms with E-state index in [-0.39, 0.29) is 17.1 Å². The third-order valence-corrected chi connectivity index (χ3v) is 4.86. The number of aryl methyl sites for hydroxylation is 1. The topological polar surface area (TPSA) is 111 Å². The molecule has 0 fully saturated rings. The van der Waals surface area contributed by atoms with Crippen molar-refractivity contribution in [1.29, 1.82) is 0 Å². The van der Waals surface area contributed by atoms with Gasteiger partial charge in [0.2, 0.25) is 10.0 Å². The highest BCUT2D eigenvalue weighted by molar-refractivity contribution is 7.89. The second-order valence-electron chi connectivity index (χ2n) is 5.99. The van der Waals surface area contributed by atoms with Gasteiger partial charge in [0.05, 0.1) is 22.7 Å². The Morgan fingerprint density at radius 1 is 1.22 bits per heavy atom. The van der Waals surface area contributed by atoms with Gasteiger partial charge in [0, 0.05) is 17.3 Å². The second-order valence-corrected chi connectivity index (χ2v) is 7.55. The van der Waals surface area contributed by atoms with E-state index in [2.05, 4.69) is 10.3 Å². The highest BCUT2D eigenvalue weighted by Crippen LogP contribution is 2.31. The Labute approximate surface area is 157 Å². The van der Waals surface area contributed by atoms with E-state index in [1.807, 2.05) is 25.1 Å². The minimum atomic E-state index is -3.85. The molecule has 3 rings (SSSR count). The molecule has 0 unspecified atom stereocenters. The Morgan fingerprint density at radius 3 is 2.70 bits per heavy atom. The number of nitrogens with two attached hydrogens (primary N) is 1. The van der Waals surface area contributed by atoms with Gasteiger partial charge in [-0.05, 0) is 44.2 Å². The number of benzene rings is 2. The van der Waals surface area contributed by atoms with Crippen LogP contribution < -0.4 is 10.5 Å². The number of rotatable bonds is 5. The fraction of sp³-hybridized carbons (Fsp3) is 0.158. The predicted molar refractivity (Wildman–Crippen MR) is 104 cm³/mol. The summed E-state index contributed by atoms with van der Waals surface area (Å²) in [4.78, 5) is 16.7. The number of hydrogen-bond acceptors (Lipinski definition) is 6. The smallest absolute Gasteiger partial charge is 0.341 e. The van der Waals surface area contributed by atoms with E-state index in [1.165, 1.54) is 18.3 Å². The van der Waals surface area contributed by atoms with Crippen LogP contribution in [0.1, 0.15) is 22.8 Å². The number of hydrogen-bond donors (Lipinski definition) is 2. The van der Waals surface area contributed by atoms with Crippen LogP contribution in [-0.2, 0) is 14.8 Å². The van der Waals surface area contributed by atoms with Crippen LogP contribution in [0, 0.1) is 6.92 Å². The monoisotopic (exact) mass is 385 g/mol. The molecule has 140 valence electrons. The number of aromatic nitrogens is 1. The van der Waals surface area contributed by atoms with E-state index < -0.39 is 16.0 Å². The van der Waals surface area contributed by atoms with E-state index in [0.29, 0.717) is 16.9 Å². The molecule has 7 nitrogen and oxygen atoms in total. The van der Waals surface area contributed by atoms with Crippen molar-refractivity contribution < 1.29 is 17.9 Å². The van der Waals surface area contributed by atoms with Crippen LogP contribution in [0.25, 0.3) is 10.9 Å². The SMILES string of the molecule is CCOC(=O)c1cnc2ccc(C)cc2c1Nc1cccc(S(N)(=O)=O)c1. The fourth-order valence-electron chi connectivity index (χ4n) is 2.70. The van der Waals surface area contributed by atoms with Crippen molar-refractivity contribution in [2.75, 3.05) is 11.9 Å². The molecular weight excluding hydrogens is 366 g/mol. The number of nitrogens with one attached hydrogen (secondary N) is 1. The summed E-state index contributed by atoms with van der Waals surface area (Å²) in [6.45, 7) is 3.88. The summed E-state index contributed by atoms with van der Waals surface area (Å²) in [5.74, 6) is -0.515. The molecule has 27 heavy (non-hydrogen) atoms. The Kier molecular flexibility index (Phi) is 5.11. The first-order chi connectivity index (χ1) is 12.8. The van der Waals surface area contributed by atoms with Gasteiger partial charge >= 0.3 is 5.97 Å². The largest absolute Gasteiger partial charge is 0.462 e. The van der Waals surface area contributed by atoms with Crippen molar-refractivity contribution in [3.63, 3.8) is 0 Å². The van der Waals surface area contributed by atoms with Crippen LogP contribution in [0.2, 0.25) is 0 Å². The molecule has 0 spiro atoms. The van der Waals surface area contributed by atoms with Gasteiger partial charge in [-0.1, -0.05) is 17.7 Å². The summed E-state index contributed by atoms with van der Waals surface area (Å²) in [5, 5.41) is 9.06. The van der Waals surface area contributed by atoms with Gasteiger partial charge in [-0.3, -0.25) is 4.98 Å². The molecule has 0 radical (unpaired) electrons. The van der Waals surface area contributed by atoms with Gasteiger partial charge in [0.25, 0.3) is 0 Å². The van der Waals surface area contributed by atoms with Crippen LogP contribution in [0.3, 0.4) is 0 Å². The van der Waals surface area contributed by atoms with Gasteiger partial charge in [-0.15, -0.1) is 0 Å². The first-order valence-electron chi connectivity index (χ1n) is 8.26. The van der Waals surface area contributed by atoms with Crippen molar-refractivity contribution in [2.24, 2.45) is 5.14 Å². The van der Waals surface area contributed by atoms with Gasteiger partial charge in [-0.25, -0.2) is 18.4 Å². The average molecular weight is 385 g/mol. The third-order valence-electron chi connectivity index (χ3n) is 3.95. The van der Waals surface area contributed by atoms with Crippen molar-refractivity contribution in [2.45, 2.75) is 18.7 Å². The lowest BCUT2D eigenvalue weighted by Gasteiger charge is -2.15. The van der Waals surface area contributed by atoms with Crippen molar-refractivity contribution >= 4 is 38.3 Å². The molecule has 0 atom stereocenters.